The number of hydrogen-bond donors (Lipinski definition) is 2. The summed E-state index contributed by atoms with van der Waals surface area (Å²) >= 11 is 0. The van der Waals surface area contributed by atoms with Crippen molar-refractivity contribution in [2.24, 2.45) is 0 Å². The number of aromatic nitrogens is 3. The summed E-state index contributed by atoms with van der Waals surface area (Å²) in [5.74, 6) is -1.75. The number of nitrogens with one attached hydrogen (secondary N) is 1. The smallest absolute Gasteiger partial charge is 0.332 e. The molecular formula is C27H27F2N3O4. The second-order valence-electron chi connectivity index (χ2n) is 9.81. The van der Waals surface area contributed by atoms with Gasteiger partial charge in [-0.2, -0.15) is 5.10 Å². The first-order chi connectivity index (χ1) is 17.4. The fourth-order valence-electron chi connectivity index (χ4n) is 5.86. The minimum atomic E-state index is -0.979. The standard InChI is InChI=1S/C27H27F2N3O4/c1-14-10-18(3-4-19(14)28)32-20-11-17-12-30-31-25(17)24(29)23(20)22(26(32)15-6-8-35-9-7-15)16-2-5-21(27(33)34)36-13-16/h3-4,10-12,15-16,21H,2,5-9,13H2,1H3,(H,30,31)(H,33,34)/t16-,21?/m1/s1. The van der Waals surface area contributed by atoms with Gasteiger partial charge in [-0.15, -0.1) is 0 Å². The van der Waals surface area contributed by atoms with E-state index in [1.165, 1.54) is 6.07 Å². The maximum atomic E-state index is 16.2. The van der Waals surface area contributed by atoms with Crippen LogP contribution in [0.1, 0.15) is 54.3 Å². The lowest BCUT2D eigenvalue weighted by atomic mass is 9.84. The highest BCUT2D eigenvalue weighted by atomic mass is 19.1. The molecule has 4 heterocycles. The van der Waals surface area contributed by atoms with Crippen molar-refractivity contribution in [3.05, 3.63) is 58.9 Å². The van der Waals surface area contributed by atoms with Crippen LogP contribution >= 0.6 is 0 Å². The van der Waals surface area contributed by atoms with Gasteiger partial charge in [-0.05, 0) is 68.0 Å². The number of aromatic amines is 1. The molecule has 36 heavy (non-hydrogen) atoms. The van der Waals surface area contributed by atoms with Crippen molar-refractivity contribution in [3.63, 3.8) is 0 Å². The average molecular weight is 496 g/mol. The molecule has 2 N–H and O–H groups in total. The van der Waals surface area contributed by atoms with Crippen molar-refractivity contribution in [2.75, 3.05) is 19.8 Å². The van der Waals surface area contributed by atoms with E-state index in [1.54, 1.807) is 25.3 Å². The van der Waals surface area contributed by atoms with Crippen LogP contribution in [0.25, 0.3) is 27.5 Å². The zero-order chi connectivity index (χ0) is 25.0. The highest BCUT2D eigenvalue weighted by Crippen LogP contribution is 2.46. The molecular weight excluding hydrogens is 468 g/mol. The molecule has 188 valence electrons. The molecule has 1 unspecified atom stereocenters. The molecule has 7 nitrogen and oxygen atoms in total. The van der Waals surface area contributed by atoms with Gasteiger partial charge < -0.3 is 19.1 Å². The van der Waals surface area contributed by atoms with Crippen LogP contribution < -0.4 is 0 Å². The predicted molar refractivity (Wildman–Crippen MR) is 130 cm³/mol. The van der Waals surface area contributed by atoms with Gasteiger partial charge in [-0.3, -0.25) is 5.10 Å². The maximum Gasteiger partial charge on any atom is 0.332 e. The topological polar surface area (TPSA) is 89.4 Å². The summed E-state index contributed by atoms with van der Waals surface area (Å²) in [5, 5.41) is 17.4. The summed E-state index contributed by atoms with van der Waals surface area (Å²) in [6.45, 7) is 3.11. The molecule has 0 amide bonds. The Morgan fingerprint density at radius 2 is 1.94 bits per heavy atom. The van der Waals surface area contributed by atoms with Gasteiger partial charge in [0.1, 0.15) is 11.3 Å². The van der Waals surface area contributed by atoms with Crippen LogP contribution in [-0.4, -0.2) is 51.8 Å². The van der Waals surface area contributed by atoms with Gasteiger partial charge in [0.05, 0.1) is 18.3 Å². The highest BCUT2D eigenvalue weighted by Gasteiger charge is 2.36. The Balaban J connectivity index is 1.66. The number of aryl methyl sites for hydroxylation is 1. The quantitative estimate of drug-likeness (QED) is 0.399. The van der Waals surface area contributed by atoms with Gasteiger partial charge in [0.2, 0.25) is 0 Å². The molecule has 0 spiro atoms. The summed E-state index contributed by atoms with van der Waals surface area (Å²) in [6.07, 6.45) is 3.20. The fraction of sp³-hybridized carbons (Fsp3) is 0.407. The monoisotopic (exact) mass is 495 g/mol. The number of H-pyrrole nitrogens is 1. The predicted octanol–water partition coefficient (Wildman–Crippen LogP) is 5.33. The van der Waals surface area contributed by atoms with Crippen molar-refractivity contribution in [2.45, 2.75) is 50.5 Å². The number of carboxylic acids is 1. The molecule has 2 aliphatic heterocycles. The average Bonchev–Trinajstić information content (AvgIpc) is 3.50. The summed E-state index contributed by atoms with van der Waals surface area (Å²) < 4.78 is 43.9. The van der Waals surface area contributed by atoms with Gasteiger partial charge in [0.15, 0.2) is 11.9 Å². The van der Waals surface area contributed by atoms with Crippen LogP contribution in [0.3, 0.4) is 0 Å². The van der Waals surface area contributed by atoms with Crippen molar-refractivity contribution in [1.82, 2.24) is 14.8 Å². The number of carbonyl (C=O) groups is 1. The van der Waals surface area contributed by atoms with Crippen LogP contribution in [0.15, 0.2) is 30.5 Å². The molecule has 6 rings (SSSR count). The molecule has 2 aromatic carbocycles. The van der Waals surface area contributed by atoms with Crippen molar-refractivity contribution < 1.29 is 28.2 Å². The Morgan fingerprint density at radius 1 is 1.14 bits per heavy atom. The number of carboxylic acid groups (broad SMARTS) is 1. The minimum absolute atomic E-state index is 0.0968. The summed E-state index contributed by atoms with van der Waals surface area (Å²) in [6, 6.07) is 6.88. The van der Waals surface area contributed by atoms with Crippen molar-refractivity contribution in [1.29, 1.82) is 0 Å². The van der Waals surface area contributed by atoms with Gasteiger partial charge in [0, 0.05) is 47.2 Å². The fourth-order valence-corrected chi connectivity index (χ4v) is 5.86. The summed E-state index contributed by atoms with van der Waals surface area (Å²) in [5.41, 5.74) is 4.09. The van der Waals surface area contributed by atoms with E-state index in [0.29, 0.717) is 53.4 Å². The zero-order valence-electron chi connectivity index (χ0n) is 19.9. The Hall–Kier alpha value is -3.30. The van der Waals surface area contributed by atoms with Gasteiger partial charge >= 0.3 is 5.97 Å². The lowest BCUT2D eigenvalue weighted by molar-refractivity contribution is -0.153. The maximum absolute atomic E-state index is 16.2. The first-order valence-electron chi connectivity index (χ1n) is 12.3. The third-order valence-corrected chi connectivity index (χ3v) is 7.65. The molecule has 0 aliphatic carbocycles. The molecule has 2 aromatic heterocycles. The number of benzene rings is 2. The van der Waals surface area contributed by atoms with Crippen LogP contribution in [0.2, 0.25) is 0 Å². The van der Waals surface area contributed by atoms with E-state index in [4.69, 9.17) is 9.47 Å². The van der Waals surface area contributed by atoms with E-state index < -0.39 is 12.1 Å². The first-order valence-corrected chi connectivity index (χ1v) is 12.3. The molecule has 9 heteroatoms. The van der Waals surface area contributed by atoms with E-state index in [-0.39, 0.29) is 30.1 Å². The molecule has 2 saturated heterocycles. The van der Waals surface area contributed by atoms with Gasteiger partial charge in [-0.25, -0.2) is 13.6 Å². The second-order valence-corrected chi connectivity index (χ2v) is 9.81. The molecule has 2 aliphatic rings. The van der Waals surface area contributed by atoms with Crippen molar-refractivity contribution >= 4 is 27.8 Å². The van der Waals surface area contributed by atoms with E-state index in [9.17, 15) is 14.3 Å². The van der Waals surface area contributed by atoms with Crippen molar-refractivity contribution in [3.8, 4) is 5.69 Å². The third-order valence-electron chi connectivity index (χ3n) is 7.65. The zero-order valence-corrected chi connectivity index (χ0v) is 19.9. The van der Waals surface area contributed by atoms with Crippen LogP contribution in [0, 0.1) is 18.6 Å². The Labute approximate surface area is 206 Å². The van der Waals surface area contributed by atoms with Crippen LogP contribution in [0.5, 0.6) is 0 Å². The Bertz CT molecular complexity index is 1460. The van der Waals surface area contributed by atoms with E-state index in [2.05, 4.69) is 14.8 Å². The normalized spacial score (nSPS) is 21.4. The lowest BCUT2D eigenvalue weighted by Crippen LogP contribution is -2.32. The van der Waals surface area contributed by atoms with E-state index in [1.807, 2.05) is 6.07 Å². The molecule has 0 radical (unpaired) electrons. The number of rotatable bonds is 4. The molecule has 0 saturated carbocycles. The van der Waals surface area contributed by atoms with E-state index in [0.717, 1.165) is 29.8 Å². The largest absolute Gasteiger partial charge is 0.479 e. The number of aliphatic carboxylic acids is 1. The SMILES string of the molecule is Cc1cc(-n2c(C3CCOCC3)c([C@@H]3CCC(C(=O)O)OC3)c3c(F)c4[nH]ncc4cc32)ccc1F. The highest BCUT2D eigenvalue weighted by molar-refractivity contribution is 6.00. The summed E-state index contributed by atoms with van der Waals surface area (Å²) in [4.78, 5) is 11.5. The minimum Gasteiger partial charge on any atom is -0.479 e. The van der Waals surface area contributed by atoms with Gasteiger partial charge in [0.25, 0.3) is 0 Å². The van der Waals surface area contributed by atoms with Crippen LogP contribution in [-0.2, 0) is 14.3 Å². The van der Waals surface area contributed by atoms with Crippen LogP contribution in [0.4, 0.5) is 8.78 Å². The Morgan fingerprint density at radius 3 is 2.64 bits per heavy atom. The lowest BCUT2D eigenvalue weighted by Gasteiger charge is -2.31. The number of hydrogen-bond acceptors (Lipinski definition) is 4. The molecule has 2 atom stereocenters. The molecule has 0 bridgehead atoms. The molecule has 2 fully saturated rings. The number of halogens is 2. The van der Waals surface area contributed by atoms with E-state index >= 15 is 4.39 Å². The number of nitrogens with zero attached hydrogens (tertiary/aromatic N) is 2. The third kappa shape index (κ3) is 3.69. The first kappa shape index (κ1) is 23.1. The second kappa shape index (κ2) is 8.97. The Kier molecular flexibility index (Phi) is 5.76. The summed E-state index contributed by atoms with van der Waals surface area (Å²) in [7, 11) is 0. The molecule has 4 aromatic rings. The van der Waals surface area contributed by atoms with Gasteiger partial charge in [-0.1, -0.05) is 0 Å². The number of fused-ring (bicyclic) bond motifs is 2. The number of ether oxygens (including phenoxy) is 2.